The number of ketones is 1. The fourth-order valence-electron chi connectivity index (χ4n) is 1.03. The Kier molecular flexibility index (Phi) is 4.66. The van der Waals surface area contributed by atoms with Crippen molar-refractivity contribution in [1.29, 1.82) is 0 Å². The zero-order valence-corrected chi connectivity index (χ0v) is 9.43. The molecule has 1 aromatic rings. The predicted octanol–water partition coefficient (Wildman–Crippen LogP) is 3.18. The fourth-order valence-corrected chi connectivity index (χ4v) is 2.02. The van der Waals surface area contributed by atoms with Gasteiger partial charge in [0.1, 0.15) is 0 Å². The summed E-state index contributed by atoms with van der Waals surface area (Å²) in [5, 5.41) is 0.950. The normalized spacial score (nSPS) is 10.1. The molecule has 0 saturated carbocycles. The highest BCUT2D eigenvalue weighted by molar-refractivity contribution is 7.99. The number of nitrogens with zero attached hydrogens (tertiary/aromatic N) is 1. The van der Waals surface area contributed by atoms with E-state index in [1.54, 1.807) is 30.9 Å². The monoisotopic (exact) mass is 209 g/mol. The minimum absolute atomic E-state index is 0.102. The molecular formula is C11H15NOS. The Labute approximate surface area is 89.1 Å². The summed E-state index contributed by atoms with van der Waals surface area (Å²) in [6.07, 6.45) is 4.08. The first-order chi connectivity index (χ1) is 6.74. The summed E-state index contributed by atoms with van der Waals surface area (Å²) in [5.41, 5.74) is 0.749. The average Bonchev–Trinajstić information content (AvgIpc) is 2.19. The lowest BCUT2D eigenvalue weighted by Gasteiger charge is -2.00. The smallest absolute Gasteiger partial charge is 0.159 e. The molecule has 0 fully saturated rings. The van der Waals surface area contributed by atoms with E-state index in [0.717, 1.165) is 16.3 Å². The Morgan fingerprint density at radius 3 is 3.00 bits per heavy atom. The Morgan fingerprint density at radius 1 is 1.57 bits per heavy atom. The number of carbonyl (C=O) groups is 1. The molecule has 0 N–H and O–H groups in total. The van der Waals surface area contributed by atoms with E-state index >= 15 is 0 Å². The number of hydrogen-bond donors (Lipinski definition) is 0. The van der Waals surface area contributed by atoms with Gasteiger partial charge in [-0.1, -0.05) is 13.3 Å². The molecule has 3 heteroatoms. The van der Waals surface area contributed by atoms with Gasteiger partial charge in [-0.3, -0.25) is 4.79 Å². The maximum Gasteiger partial charge on any atom is 0.159 e. The van der Waals surface area contributed by atoms with E-state index in [1.807, 2.05) is 6.07 Å². The number of hydrogen-bond acceptors (Lipinski definition) is 3. The van der Waals surface area contributed by atoms with Gasteiger partial charge in [0.25, 0.3) is 0 Å². The second-order valence-corrected chi connectivity index (χ2v) is 4.26. The molecule has 0 radical (unpaired) electrons. The Morgan fingerprint density at radius 2 is 2.36 bits per heavy atom. The number of Topliss-reactive ketones (excluding diaryl/α,β-unsaturated/α-hetero) is 1. The van der Waals surface area contributed by atoms with E-state index in [1.165, 1.54) is 12.8 Å². The second-order valence-electron chi connectivity index (χ2n) is 3.14. The molecule has 0 spiro atoms. The van der Waals surface area contributed by atoms with Gasteiger partial charge in [0.2, 0.25) is 0 Å². The van der Waals surface area contributed by atoms with Gasteiger partial charge in [-0.2, -0.15) is 0 Å². The summed E-state index contributed by atoms with van der Waals surface area (Å²) in [6.45, 7) is 3.75. The predicted molar refractivity (Wildman–Crippen MR) is 59.9 cm³/mol. The summed E-state index contributed by atoms with van der Waals surface area (Å²) < 4.78 is 0. The molecule has 2 nitrogen and oxygen atoms in total. The van der Waals surface area contributed by atoms with Crippen molar-refractivity contribution < 1.29 is 4.79 Å². The number of carbonyl (C=O) groups excluding carboxylic acids is 1. The number of rotatable bonds is 5. The number of pyridine rings is 1. The summed E-state index contributed by atoms with van der Waals surface area (Å²) >= 11 is 1.71. The maximum atomic E-state index is 11.1. The lowest BCUT2D eigenvalue weighted by molar-refractivity contribution is 0.101. The van der Waals surface area contributed by atoms with Crippen LogP contribution in [0.1, 0.15) is 37.0 Å². The van der Waals surface area contributed by atoms with Crippen LogP contribution in [-0.4, -0.2) is 16.5 Å². The molecule has 1 rings (SSSR count). The molecule has 0 atom stereocenters. The van der Waals surface area contributed by atoms with Crippen LogP contribution in [-0.2, 0) is 0 Å². The molecule has 0 aliphatic carbocycles. The average molecular weight is 209 g/mol. The first-order valence-electron chi connectivity index (χ1n) is 4.84. The van der Waals surface area contributed by atoms with Crippen molar-refractivity contribution in [1.82, 2.24) is 4.98 Å². The van der Waals surface area contributed by atoms with Gasteiger partial charge in [-0.25, -0.2) is 4.98 Å². The van der Waals surface area contributed by atoms with E-state index in [-0.39, 0.29) is 5.78 Å². The lowest BCUT2D eigenvalue weighted by Crippen LogP contribution is -1.93. The molecule has 0 amide bonds. The van der Waals surface area contributed by atoms with Crippen LogP contribution < -0.4 is 0 Å². The van der Waals surface area contributed by atoms with Crippen molar-refractivity contribution in [2.24, 2.45) is 0 Å². The van der Waals surface area contributed by atoms with Gasteiger partial charge in [0.15, 0.2) is 5.78 Å². The second kappa shape index (κ2) is 5.81. The largest absolute Gasteiger partial charge is 0.295 e. The molecule has 76 valence electrons. The topological polar surface area (TPSA) is 30.0 Å². The summed E-state index contributed by atoms with van der Waals surface area (Å²) in [6, 6.07) is 3.62. The highest BCUT2D eigenvalue weighted by atomic mass is 32.2. The van der Waals surface area contributed by atoms with Crippen LogP contribution in [0.25, 0.3) is 0 Å². The van der Waals surface area contributed by atoms with Crippen LogP contribution in [0.15, 0.2) is 23.4 Å². The van der Waals surface area contributed by atoms with Crippen LogP contribution >= 0.6 is 11.8 Å². The number of unbranched alkanes of at least 4 members (excludes halogenated alkanes) is 1. The third kappa shape index (κ3) is 3.50. The van der Waals surface area contributed by atoms with Gasteiger partial charge < -0.3 is 0 Å². The van der Waals surface area contributed by atoms with E-state index in [2.05, 4.69) is 11.9 Å². The summed E-state index contributed by atoms with van der Waals surface area (Å²) in [5.74, 6) is 1.18. The lowest BCUT2D eigenvalue weighted by atomic mass is 10.2. The quantitative estimate of drug-likeness (QED) is 0.424. The van der Waals surface area contributed by atoms with Gasteiger partial charge in [0, 0.05) is 11.8 Å². The molecule has 0 aliphatic rings. The fraction of sp³-hybridized carbons (Fsp3) is 0.455. The number of thioether (sulfide) groups is 1. The zero-order valence-electron chi connectivity index (χ0n) is 8.62. The SMILES string of the molecule is CCCCSc1cc(C(C)=O)ccn1. The third-order valence-corrected chi connectivity index (χ3v) is 2.90. The molecule has 1 aromatic heterocycles. The zero-order chi connectivity index (χ0) is 10.4. The Balaban J connectivity index is 2.59. The van der Waals surface area contributed by atoms with Crippen molar-refractivity contribution in [3.63, 3.8) is 0 Å². The first kappa shape index (κ1) is 11.2. The van der Waals surface area contributed by atoms with E-state index in [9.17, 15) is 4.79 Å². The molecule has 1 heterocycles. The first-order valence-corrected chi connectivity index (χ1v) is 5.82. The summed E-state index contributed by atoms with van der Waals surface area (Å²) in [7, 11) is 0. The Hall–Kier alpha value is -0.830. The minimum Gasteiger partial charge on any atom is -0.295 e. The van der Waals surface area contributed by atoms with Crippen molar-refractivity contribution in [3.05, 3.63) is 23.9 Å². The van der Waals surface area contributed by atoms with Crippen molar-refractivity contribution >= 4 is 17.5 Å². The molecule has 0 aliphatic heterocycles. The van der Waals surface area contributed by atoms with Gasteiger partial charge >= 0.3 is 0 Å². The van der Waals surface area contributed by atoms with Crippen LogP contribution in [0.5, 0.6) is 0 Å². The van der Waals surface area contributed by atoms with E-state index in [0.29, 0.717) is 0 Å². The van der Waals surface area contributed by atoms with Crippen LogP contribution in [0.4, 0.5) is 0 Å². The van der Waals surface area contributed by atoms with Gasteiger partial charge in [-0.05, 0) is 31.2 Å². The van der Waals surface area contributed by atoms with Crippen LogP contribution in [0, 0.1) is 0 Å². The molecule has 0 bridgehead atoms. The third-order valence-electron chi connectivity index (χ3n) is 1.89. The molecule has 0 unspecified atom stereocenters. The van der Waals surface area contributed by atoms with Gasteiger partial charge in [-0.15, -0.1) is 11.8 Å². The maximum absolute atomic E-state index is 11.1. The summed E-state index contributed by atoms with van der Waals surface area (Å²) in [4.78, 5) is 15.3. The van der Waals surface area contributed by atoms with E-state index < -0.39 is 0 Å². The molecule has 0 saturated heterocycles. The van der Waals surface area contributed by atoms with Gasteiger partial charge in [0.05, 0.1) is 5.03 Å². The minimum atomic E-state index is 0.102. The highest BCUT2D eigenvalue weighted by Crippen LogP contribution is 2.17. The van der Waals surface area contributed by atoms with Crippen molar-refractivity contribution in [2.75, 3.05) is 5.75 Å². The molecule has 14 heavy (non-hydrogen) atoms. The van der Waals surface area contributed by atoms with Crippen molar-refractivity contribution in [3.8, 4) is 0 Å². The number of aromatic nitrogens is 1. The van der Waals surface area contributed by atoms with Crippen molar-refractivity contribution in [2.45, 2.75) is 31.7 Å². The molecule has 0 aromatic carbocycles. The molecular weight excluding hydrogens is 194 g/mol. The highest BCUT2D eigenvalue weighted by Gasteiger charge is 2.01. The van der Waals surface area contributed by atoms with Crippen LogP contribution in [0.2, 0.25) is 0 Å². The standard InChI is InChI=1S/C11H15NOS/c1-3-4-7-14-11-8-10(9(2)13)5-6-12-11/h5-6,8H,3-4,7H2,1-2H3. The van der Waals surface area contributed by atoms with E-state index in [4.69, 9.17) is 0 Å². The Bertz CT molecular complexity index is 312. The van der Waals surface area contributed by atoms with Crippen LogP contribution in [0.3, 0.4) is 0 Å².